The zero-order valence-electron chi connectivity index (χ0n) is 13.0. The van der Waals surface area contributed by atoms with Crippen LogP contribution in [-0.2, 0) is 11.8 Å². The molecule has 0 aliphatic heterocycles. The second-order valence-corrected chi connectivity index (χ2v) is 5.86. The fourth-order valence-corrected chi connectivity index (χ4v) is 2.87. The standard InChI is InChI=1S/C17H16N4O2S/c1-21-15-9-3-2-8-14(15)19-17(21)24-12-16(22)20-18-10-4-6-13-7-5-11-23-13/h2-11H,12H2,1H3,(H,20,22)/b6-4+,18-10?. The number of para-hydroxylation sites is 2. The van der Waals surface area contributed by atoms with Crippen molar-refractivity contribution in [2.75, 3.05) is 5.75 Å². The number of hydrogen-bond donors (Lipinski definition) is 1. The van der Waals surface area contributed by atoms with Gasteiger partial charge in [0.1, 0.15) is 5.76 Å². The highest BCUT2D eigenvalue weighted by atomic mass is 32.2. The number of aromatic nitrogens is 2. The van der Waals surface area contributed by atoms with E-state index in [-0.39, 0.29) is 11.7 Å². The SMILES string of the molecule is Cn1c(SCC(=O)NN=C/C=C/c2ccco2)nc2ccccc21. The highest BCUT2D eigenvalue weighted by Crippen LogP contribution is 2.22. The molecule has 0 fully saturated rings. The molecule has 0 radical (unpaired) electrons. The molecular weight excluding hydrogens is 324 g/mol. The van der Waals surface area contributed by atoms with Crippen molar-refractivity contribution in [2.45, 2.75) is 5.16 Å². The third kappa shape index (κ3) is 3.94. The van der Waals surface area contributed by atoms with Gasteiger partial charge in [-0.25, -0.2) is 10.4 Å². The van der Waals surface area contributed by atoms with Gasteiger partial charge < -0.3 is 8.98 Å². The van der Waals surface area contributed by atoms with E-state index in [0.29, 0.717) is 0 Å². The van der Waals surface area contributed by atoms with Crippen molar-refractivity contribution in [1.82, 2.24) is 15.0 Å². The first-order valence-electron chi connectivity index (χ1n) is 7.30. The quantitative estimate of drug-likeness (QED) is 0.425. The van der Waals surface area contributed by atoms with Gasteiger partial charge in [-0.1, -0.05) is 23.9 Å². The zero-order chi connectivity index (χ0) is 16.8. The Morgan fingerprint density at radius 2 is 2.25 bits per heavy atom. The molecule has 0 aliphatic rings. The summed E-state index contributed by atoms with van der Waals surface area (Å²) in [6.07, 6.45) is 6.54. The minimum atomic E-state index is -0.185. The maximum atomic E-state index is 11.8. The number of aryl methyl sites for hydroxylation is 1. The molecule has 122 valence electrons. The average Bonchev–Trinajstić information content (AvgIpc) is 3.21. The predicted molar refractivity (Wildman–Crippen MR) is 95.8 cm³/mol. The lowest BCUT2D eigenvalue weighted by atomic mass is 10.3. The molecular formula is C17H16N4O2S. The van der Waals surface area contributed by atoms with Crippen molar-refractivity contribution < 1.29 is 9.21 Å². The highest BCUT2D eigenvalue weighted by Gasteiger charge is 2.09. The molecule has 3 aromatic rings. The number of furan rings is 1. The summed E-state index contributed by atoms with van der Waals surface area (Å²) < 4.78 is 7.11. The third-order valence-electron chi connectivity index (χ3n) is 3.23. The van der Waals surface area contributed by atoms with E-state index in [4.69, 9.17) is 4.42 Å². The lowest BCUT2D eigenvalue weighted by molar-refractivity contribution is -0.118. The number of allylic oxidation sites excluding steroid dienone is 1. The van der Waals surface area contributed by atoms with Crippen molar-refractivity contribution in [3.63, 3.8) is 0 Å². The summed E-state index contributed by atoms with van der Waals surface area (Å²) in [5.74, 6) is 0.788. The van der Waals surface area contributed by atoms with Gasteiger partial charge in [0.2, 0.25) is 0 Å². The van der Waals surface area contributed by atoms with Gasteiger partial charge in [-0.2, -0.15) is 5.10 Å². The molecule has 0 atom stereocenters. The van der Waals surface area contributed by atoms with Crippen molar-refractivity contribution in [1.29, 1.82) is 0 Å². The van der Waals surface area contributed by atoms with Gasteiger partial charge in [0, 0.05) is 13.3 Å². The molecule has 0 saturated carbocycles. The molecule has 0 spiro atoms. The van der Waals surface area contributed by atoms with E-state index in [1.54, 1.807) is 24.5 Å². The van der Waals surface area contributed by atoms with Crippen LogP contribution >= 0.6 is 11.8 Å². The van der Waals surface area contributed by atoms with Crippen LogP contribution in [0.5, 0.6) is 0 Å². The average molecular weight is 340 g/mol. The number of benzene rings is 1. The molecule has 0 bridgehead atoms. The molecule has 24 heavy (non-hydrogen) atoms. The van der Waals surface area contributed by atoms with E-state index in [1.165, 1.54) is 18.0 Å². The Bertz CT molecular complexity index is 881. The monoisotopic (exact) mass is 340 g/mol. The largest absolute Gasteiger partial charge is 0.465 e. The maximum absolute atomic E-state index is 11.8. The minimum absolute atomic E-state index is 0.185. The second kappa shape index (κ2) is 7.65. The first-order chi connectivity index (χ1) is 11.7. The lowest BCUT2D eigenvalue weighted by Crippen LogP contribution is -2.19. The van der Waals surface area contributed by atoms with Crippen LogP contribution in [0.25, 0.3) is 17.1 Å². The summed E-state index contributed by atoms with van der Waals surface area (Å²) in [6.45, 7) is 0. The van der Waals surface area contributed by atoms with Crippen LogP contribution in [0.3, 0.4) is 0 Å². The second-order valence-electron chi connectivity index (χ2n) is 4.92. The zero-order valence-corrected chi connectivity index (χ0v) is 13.9. The summed E-state index contributed by atoms with van der Waals surface area (Å²) in [6, 6.07) is 11.5. The van der Waals surface area contributed by atoms with Crippen molar-refractivity contribution in [3.05, 3.63) is 54.5 Å². The number of thioether (sulfide) groups is 1. The molecule has 1 aromatic carbocycles. The Balaban J connectivity index is 1.49. The number of amides is 1. The van der Waals surface area contributed by atoms with E-state index in [1.807, 2.05) is 41.9 Å². The van der Waals surface area contributed by atoms with Gasteiger partial charge >= 0.3 is 0 Å². The van der Waals surface area contributed by atoms with Gasteiger partial charge in [0.15, 0.2) is 5.16 Å². The van der Waals surface area contributed by atoms with Crippen LogP contribution in [0, 0.1) is 0 Å². The number of hydrazone groups is 1. The van der Waals surface area contributed by atoms with E-state index < -0.39 is 0 Å². The lowest BCUT2D eigenvalue weighted by Gasteiger charge is -2.01. The van der Waals surface area contributed by atoms with Crippen LogP contribution < -0.4 is 5.43 Å². The first kappa shape index (κ1) is 16.1. The Hall–Kier alpha value is -2.80. The molecule has 3 rings (SSSR count). The normalized spacial score (nSPS) is 11.7. The first-order valence-corrected chi connectivity index (χ1v) is 8.29. The fourth-order valence-electron chi connectivity index (χ4n) is 2.09. The number of carbonyl (C=O) groups excluding carboxylic acids is 1. The topological polar surface area (TPSA) is 72.4 Å². The van der Waals surface area contributed by atoms with E-state index in [2.05, 4.69) is 15.5 Å². The minimum Gasteiger partial charge on any atom is -0.465 e. The molecule has 6 nitrogen and oxygen atoms in total. The number of nitrogens with one attached hydrogen (secondary N) is 1. The molecule has 0 saturated heterocycles. The van der Waals surface area contributed by atoms with Crippen LogP contribution in [0.15, 0.2) is 63.4 Å². The highest BCUT2D eigenvalue weighted by molar-refractivity contribution is 7.99. The number of imidazole rings is 1. The molecule has 2 heterocycles. The van der Waals surface area contributed by atoms with Gasteiger partial charge in [0.05, 0.1) is 23.0 Å². The Morgan fingerprint density at radius 3 is 3.04 bits per heavy atom. The Morgan fingerprint density at radius 1 is 1.38 bits per heavy atom. The number of carbonyl (C=O) groups is 1. The Labute approximate surface area is 143 Å². The number of nitrogens with zero attached hydrogens (tertiary/aromatic N) is 3. The fraction of sp³-hybridized carbons (Fsp3) is 0.118. The molecule has 1 amide bonds. The summed E-state index contributed by atoms with van der Waals surface area (Å²) in [5, 5.41) is 4.65. The predicted octanol–water partition coefficient (Wildman–Crippen LogP) is 3.07. The van der Waals surface area contributed by atoms with Gasteiger partial charge in [0.25, 0.3) is 5.91 Å². The molecule has 1 N–H and O–H groups in total. The van der Waals surface area contributed by atoms with Crippen LogP contribution in [0.2, 0.25) is 0 Å². The van der Waals surface area contributed by atoms with Gasteiger partial charge in [-0.05, 0) is 36.4 Å². The van der Waals surface area contributed by atoms with Gasteiger partial charge in [-0.15, -0.1) is 0 Å². The van der Waals surface area contributed by atoms with E-state index in [0.717, 1.165) is 22.0 Å². The maximum Gasteiger partial charge on any atom is 0.250 e. The molecule has 0 unspecified atom stereocenters. The molecule has 2 aromatic heterocycles. The molecule has 0 aliphatic carbocycles. The summed E-state index contributed by atoms with van der Waals surface area (Å²) in [4.78, 5) is 16.3. The number of rotatable bonds is 6. The number of fused-ring (bicyclic) bond motifs is 1. The van der Waals surface area contributed by atoms with Crippen LogP contribution in [0.1, 0.15) is 5.76 Å². The summed E-state index contributed by atoms with van der Waals surface area (Å²) in [5.41, 5.74) is 4.44. The number of hydrogen-bond acceptors (Lipinski definition) is 5. The van der Waals surface area contributed by atoms with Crippen molar-refractivity contribution in [2.24, 2.45) is 12.1 Å². The van der Waals surface area contributed by atoms with Crippen molar-refractivity contribution >= 4 is 41.0 Å². The third-order valence-corrected chi connectivity index (χ3v) is 4.26. The van der Waals surface area contributed by atoms with E-state index in [9.17, 15) is 4.79 Å². The smallest absolute Gasteiger partial charge is 0.250 e. The summed E-state index contributed by atoms with van der Waals surface area (Å²) in [7, 11) is 1.94. The van der Waals surface area contributed by atoms with Crippen LogP contribution in [0.4, 0.5) is 0 Å². The van der Waals surface area contributed by atoms with Gasteiger partial charge in [-0.3, -0.25) is 4.79 Å². The summed E-state index contributed by atoms with van der Waals surface area (Å²) >= 11 is 1.38. The van der Waals surface area contributed by atoms with Crippen LogP contribution in [-0.4, -0.2) is 27.4 Å². The molecule has 7 heteroatoms. The Kier molecular flexibility index (Phi) is 5.12. The van der Waals surface area contributed by atoms with Crippen molar-refractivity contribution in [3.8, 4) is 0 Å². The van der Waals surface area contributed by atoms with E-state index >= 15 is 0 Å².